The van der Waals surface area contributed by atoms with E-state index in [4.69, 9.17) is 4.74 Å². The van der Waals surface area contributed by atoms with Gasteiger partial charge in [0.2, 0.25) is 0 Å². The van der Waals surface area contributed by atoms with Crippen LogP contribution in [0.4, 0.5) is 5.69 Å². The number of aromatic nitrogens is 3. The first-order chi connectivity index (χ1) is 14.3. The van der Waals surface area contributed by atoms with Crippen molar-refractivity contribution < 1.29 is 14.3 Å². The van der Waals surface area contributed by atoms with Crippen LogP contribution < -0.4 is 11.0 Å². The highest BCUT2D eigenvalue weighted by Gasteiger charge is 2.25. The summed E-state index contributed by atoms with van der Waals surface area (Å²) in [4.78, 5) is 43.1. The van der Waals surface area contributed by atoms with Crippen molar-refractivity contribution in [2.45, 2.75) is 26.9 Å². The molecule has 0 aliphatic carbocycles. The van der Waals surface area contributed by atoms with Crippen LogP contribution in [0.25, 0.3) is 16.0 Å². The molecule has 1 atom stereocenters. The SMILES string of the molecule is Cc1sc(-n2cccc2)c(C(=O)OC(C)C(=O)Nc2ccc3[nH]c(=O)[nH]c3c2)c1C. The summed E-state index contributed by atoms with van der Waals surface area (Å²) in [7, 11) is 0. The summed E-state index contributed by atoms with van der Waals surface area (Å²) in [5.74, 6) is -1.01. The van der Waals surface area contributed by atoms with Gasteiger partial charge in [-0.2, -0.15) is 0 Å². The molecule has 4 rings (SSSR count). The van der Waals surface area contributed by atoms with E-state index in [-0.39, 0.29) is 5.69 Å². The fraction of sp³-hybridized carbons (Fsp3) is 0.190. The van der Waals surface area contributed by atoms with Crippen LogP contribution in [0.1, 0.15) is 27.7 Å². The molecule has 8 nitrogen and oxygen atoms in total. The molecule has 1 unspecified atom stereocenters. The van der Waals surface area contributed by atoms with Crippen molar-refractivity contribution in [3.63, 3.8) is 0 Å². The molecule has 4 aromatic rings. The first kappa shape index (κ1) is 19.7. The lowest BCUT2D eigenvalue weighted by molar-refractivity contribution is -0.123. The number of thiophene rings is 1. The molecule has 0 radical (unpaired) electrons. The van der Waals surface area contributed by atoms with E-state index < -0.39 is 18.0 Å². The van der Waals surface area contributed by atoms with E-state index in [1.54, 1.807) is 18.2 Å². The Balaban J connectivity index is 1.50. The average Bonchev–Trinajstić information content (AvgIpc) is 3.40. The molecule has 3 N–H and O–H groups in total. The predicted octanol–water partition coefficient (Wildman–Crippen LogP) is 3.51. The zero-order valence-electron chi connectivity index (χ0n) is 16.6. The predicted molar refractivity (Wildman–Crippen MR) is 116 cm³/mol. The lowest BCUT2D eigenvalue weighted by Gasteiger charge is -2.14. The zero-order chi connectivity index (χ0) is 21.4. The van der Waals surface area contributed by atoms with Gasteiger partial charge in [-0.15, -0.1) is 11.3 Å². The van der Waals surface area contributed by atoms with Gasteiger partial charge in [0.1, 0.15) is 5.00 Å². The zero-order valence-corrected chi connectivity index (χ0v) is 17.4. The molecule has 154 valence electrons. The van der Waals surface area contributed by atoms with Gasteiger partial charge in [0.25, 0.3) is 5.91 Å². The Morgan fingerprint density at radius 2 is 1.83 bits per heavy atom. The number of ether oxygens (including phenoxy) is 1. The molecular weight excluding hydrogens is 404 g/mol. The number of hydrogen-bond acceptors (Lipinski definition) is 5. The highest BCUT2D eigenvalue weighted by Crippen LogP contribution is 2.31. The number of anilines is 1. The van der Waals surface area contributed by atoms with Crippen LogP contribution in [0, 0.1) is 13.8 Å². The number of hydrogen-bond donors (Lipinski definition) is 3. The number of H-pyrrole nitrogens is 2. The Bertz CT molecular complexity index is 1300. The molecule has 0 saturated carbocycles. The fourth-order valence-electron chi connectivity index (χ4n) is 3.13. The number of aryl methyl sites for hydroxylation is 1. The van der Waals surface area contributed by atoms with Gasteiger partial charge in [0.15, 0.2) is 6.10 Å². The molecule has 0 bridgehead atoms. The second-order valence-corrected chi connectivity index (χ2v) is 8.13. The number of esters is 1. The van der Waals surface area contributed by atoms with E-state index in [1.807, 2.05) is 42.9 Å². The highest BCUT2D eigenvalue weighted by atomic mass is 32.1. The number of amides is 1. The number of rotatable bonds is 5. The smallest absolute Gasteiger partial charge is 0.342 e. The molecule has 0 saturated heterocycles. The number of carbonyl (C=O) groups is 2. The van der Waals surface area contributed by atoms with E-state index in [1.165, 1.54) is 18.3 Å². The van der Waals surface area contributed by atoms with Gasteiger partial charge in [-0.3, -0.25) is 4.79 Å². The molecule has 0 spiro atoms. The van der Waals surface area contributed by atoms with Crippen molar-refractivity contribution in [2.75, 3.05) is 5.32 Å². The van der Waals surface area contributed by atoms with Crippen LogP contribution in [0.3, 0.4) is 0 Å². The number of benzene rings is 1. The summed E-state index contributed by atoms with van der Waals surface area (Å²) in [6, 6.07) is 8.74. The maximum absolute atomic E-state index is 12.9. The van der Waals surface area contributed by atoms with Crippen LogP contribution in [0.15, 0.2) is 47.5 Å². The van der Waals surface area contributed by atoms with Crippen LogP contribution in [0.5, 0.6) is 0 Å². The number of aromatic amines is 2. The summed E-state index contributed by atoms with van der Waals surface area (Å²) in [6.45, 7) is 5.34. The third-order valence-electron chi connectivity index (χ3n) is 4.85. The normalized spacial score (nSPS) is 12.1. The second kappa shape index (κ2) is 7.68. The van der Waals surface area contributed by atoms with Gasteiger partial charge in [0, 0.05) is 23.0 Å². The summed E-state index contributed by atoms with van der Waals surface area (Å²) >= 11 is 1.50. The number of carbonyl (C=O) groups excluding carboxylic acids is 2. The molecule has 3 aromatic heterocycles. The molecule has 3 heterocycles. The number of fused-ring (bicyclic) bond motifs is 1. The van der Waals surface area contributed by atoms with Crippen molar-refractivity contribution in [3.8, 4) is 5.00 Å². The first-order valence-corrected chi connectivity index (χ1v) is 10.1. The lowest BCUT2D eigenvalue weighted by atomic mass is 10.1. The minimum atomic E-state index is -1.00. The summed E-state index contributed by atoms with van der Waals surface area (Å²) in [6.07, 6.45) is 2.72. The van der Waals surface area contributed by atoms with Crippen molar-refractivity contribution >= 4 is 39.9 Å². The largest absolute Gasteiger partial charge is 0.449 e. The molecule has 1 amide bonds. The standard InChI is InChI=1S/C21H20N4O4S/c1-11-13(3)30-19(25-8-4-5-9-25)17(11)20(27)29-12(2)18(26)22-14-6-7-15-16(10-14)24-21(28)23-15/h4-10,12H,1-3H3,(H,22,26)(H2,23,24,28). The Labute approximate surface area is 175 Å². The number of nitrogens with one attached hydrogen (secondary N) is 3. The number of nitrogens with zero attached hydrogens (tertiary/aromatic N) is 1. The van der Waals surface area contributed by atoms with Crippen molar-refractivity contribution in [2.24, 2.45) is 0 Å². The summed E-state index contributed by atoms with van der Waals surface area (Å²) in [5.41, 5.74) is 2.67. The Morgan fingerprint density at radius 3 is 2.57 bits per heavy atom. The quantitative estimate of drug-likeness (QED) is 0.426. The Kier molecular flexibility index (Phi) is 5.04. The molecule has 30 heavy (non-hydrogen) atoms. The van der Waals surface area contributed by atoms with Crippen LogP contribution in [-0.2, 0) is 9.53 Å². The maximum atomic E-state index is 12.9. The average molecular weight is 424 g/mol. The van der Waals surface area contributed by atoms with Gasteiger partial charge in [-0.05, 0) is 56.7 Å². The minimum Gasteiger partial charge on any atom is -0.449 e. The van der Waals surface area contributed by atoms with Crippen LogP contribution in [-0.4, -0.2) is 32.5 Å². The molecule has 0 aliphatic rings. The monoisotopic (exact) mass is 424 g/mol. The second-order valence-electron chi connectivity index (χ2n) is 6.93. The number of imidazole rings is 1. The first-order valence-electron chi connectivity index (χ1n) is 9.30. The topological polar surface area (TPSA) is 109 Å². The molecule has 1 aromatic carbocycles. The Morgan fingerprint density at radius 1 is 1.13 bits per heavy atom. The summed E-state index contributed by atoms with van der Waals surface area (Å²) in [5, 5.41) is 3.47. The third kappa shape index (κ3) is 3.67. The lowest BCUT2D eigenvalue weighted by Crippen LogP contribution is -2.30. The Hall–Kier alpha value is -3.59. The van der Waals surface area contributed by atoms with Gasteiger partial charge in [-0.25, -0.2) is 9.59 Å². The van der Waals surface area contributed by atoms with Gasteiger partial charge < -0.3 is 24.6 Å². The minimum absolute atomic E-state index is 0.323. The molecule has 0 fully saturated rings. The van der Waals surface area contributed by atoms with E-state index in [0.717, 1.165) is 15.4 Å². The van der Waals surface area contributed by atoms with Gasteiger partial charge in [0.05, 0.1) is 16.6 Å². The molecular formula is C21H20N4O4S. The van der Waals surface area contributed by atoms with Crippen molar-refractivity contribution in [1.29, 1.82) is 0 Å². The van der Waals surface area contributed by atoms with E-state index >= 15 is 0 Å². The fourth-order valence-corrected chi connectivity index (χ4v) is 4.24. The van der Waals surface area contributed by atoms with E-state index in [9.17, 15) is 14.4 Å². The third-order valence-corrected chi connectivity index (χ3v) is 6.07. The van der Waals surface area contributed by atoms with E-state index in [2.05, 4.69) is 15.3 Å². The van der Waals surface area contributed by atoms with Crippen LogP contribution >= 0.6 is 11.3 Å². The molecule has 0 aliphatic heterocycles. The van der Waals surface area contributed by atoms with Gasteiger partial charge >= 0.3 is 11.7 Å². The van der Waals surface area contributed by atoms with Crippen molar-refractivity contribution in [3.05, 3.63) is 69.2 Å². The summed E-state index contributed by atoms with van der Waals surface area (Å²) < 4.78 is 7.33. The van der Waals surface area contributed by atoms with Crippen molar-refractivity contribution in [1.82, 2.24) is 14.5 Å². The molecule has 9 heteroatoms. The van der Waals surface area contributed by atoms with E-state index in [0.29, 0.717) is 22.3 Å². The van der Waals surface area contributed by atoms with Crippen LogP contribution in [0.2, 0.25) is 0 Å². The van der Waals surface area contributed by atoms with Gasteiger partial charge in [-0.1, -0.05) is 0 Å². The maximum Gasteiger partial charge on any atom is 0.342 e. The highest BCUT2D eigenvalue weighted by molar-refractivity contribution is 7.15.